The maximum Gasteiger partial charge on any atom is 0.343 e. The van der Waals surface area contributed by atoms with Crippen molar-refractivity contribution in [2.45, 2.75) is 13.0 Å². The number of amides is 1. The molecule has 0 saturated carbocycles. The fraction of sp³-hybridized carbons (Fsp3) is 0.0870. The lowest BCUT2D eigenvalue weighted by atomic mass is 10.2. The molecule has 0 aliphatic rings. The Balaban J connectivity index is 1.54. The van der Waals surface area contributed by atoms with Crippen LogP contribution >= 0.6 is 11.6 Å². The van der Waals surface area contributed by atoms with Crippen LogP contribution in [0, 0.1) is 10.1 Å². The van der Waals surface area contributed by atoms with Gasteiger partial charge < -0.3 is 9.47 Å². The molecule has 1 amide bonds. The van der Waals surface area contributed by atoms with E-state index in [9.17, 15) is 19.7 Å². The molecule has 3 aromatic rings. The van der Waals surface area contributed by atoms with Gasteiger partial charge in [-0.1, -0.05) is 23.7 Å². The molecule has 1 atom stereocenters. The van der Waals surface area contributed by atoms with Gasteiger partial charge in [0.15, 0.2) is 6.10 Å². The largest absolute Gasteiger partial charge is 0.481 e. The second-order valence-corrected chi connectivity index (χ2v) is 7.15. The molecule has 1 unspecified atom stereocenters. The van der Waals surface area contributed by atoms with Crippen molar-refractivity contribution in [3.05, 3.63) is 99.1 Å². The predicted octanol–water partition coefficient (Wildman–Crippen LogP) is 4.39. The molecule has 10 heteroatoms. The molecule has 0 radical (unpaired) electrons. The molecule has 0 fully saturated rings. The second kappa shape index (κ2) is 10.9. The van der Waals surface area contributed by atoms with Gasteiger partial charge >= 0.3 is 5.97 Å². The Hall–Kier alpha value is -4.24. The fourth-order valence-electron chi connectivity index (χ4n) is 2.58. The van der Waals surface area contributed by atoms with Gasteiger partial charge in [0, 0.05) is 17.2 Å². The van der Waals surface area contributed by atoms with Crippen LogP contribution in [0.25, 0.3) is 0 Å². The summed E-state index contributed by atoms with van der Waals surface area (Å²) in [5, 5.41) is 15.1. The summed E-state index contributed by atoms with van der Waals surface area (Å²) in [6, 6.07) is 18.3. The highest BCUT2D eigenvalue weighted by atomic mass is 35.5. The number of ether oxygens (including phenoxy) is 2. The number of nitrogens with zero attached hydrogens (tertiary/aromatic N) is 2. The summed E-state index contributed by atoms with van der Waals surface area (Å²) >= 11 is 5.82. The van der Waals surface area contributed by atoms with Crippen molar-refractivity contribution in [1.29, 1.82) is 0 Å². The number of nitrogens with one attached hydrogen (secondary N) is 1. The lowest BCUT2D eigenvalue weighted by Crippen LogP contribution is -2.33. The third-order valence-corrected chi connectivity index (χ3v) is 4.52. The highest BCUT2D eigenvalue weighted by Gasteiger charge is 2.15. The van der Waals surface area contributed by atoms with Gasteiger partial charge in [0.2, 0.25) is 0 Å². The van der Waals surface area contributed by atoms with E-state index in [-0.39, 0.29) is 5.69 Å². The van der Waals surface area contributed by atoms with Crippen LogP contribution in [0.2, 0.25) is 5.02 Å². The second-order valence-electron chi connectivity index (χ2n) is 6.71. The molecule has 0 saturated heterocycles. The molecular weight excluding hydrogens is 450 g/mol. The number of esters is 1. The summed E-state index contributed by atoms with van der Waals surface area (Å²) in [5.41, 5.74) is 3.21. The Kier molecular flexibility index (Phi) is 7.72. The number of nitro benzene ring substituents is 1. The third kappa shape index (κ3) is 6.88. The first-order valence-corrected chi connectivity index (χ1v) is 10.0. The number of carbonyl (C=O) groups excluding carboxylic acids is 2. The number of benzene rings is 3. The van der Waals surface area contributed by atoms with E-state index in [4.69, 9.17) is 21.1 Å². The van der Waals surface area contributed by atoms with E-state index in [2.05, 4.69) is 10.5 Å². The van der Waals surface area contributed by atoms with Crippen molar-refractivity contribution in [3.63, 3.8) is 0 Å². The summed E-state index contributed by atoms with van der Waals surface area (Å²) in [6.45, 7) is 1.52. The highest BCUT2D eigenvalue weighted by Crippen LogP contribution is 2.19. The zero-order valence-electron chi connectivity index (χ0n) is 17.3. The molecule has 168 valence electrons. The Morgan fingerprint density at radius 1 is 1.06 bits per heavy atom. The molecule has 0 bridgehead atoms. The Morgan fingerprint density at radius 3 is 2.42 bits per heavy atom. The first-order valence-electron chi connectivity index (χ1n) is 9.63. The third-order valence-electron chi connectivity index (χ3n) is 4.27. The van der Waals surface area contributed by atoms with Crippen molar-refractivity contribution in [2.75, 3.05) is 0 Å². The van der Waals surface area contributed by atoms with Crippen molar-refractivity contribution in [2.24, 2.45) is 5.10 Å². The summed E-state index contributed by atoms with van der Waals surface area (Å²) in [7, 11) is 0. The number of hydrogen-bond donors (Lipinski definition) is 1. The van der Waals surface area contributed by atoms with Crippen LogP contribution in [0.4, 0.5) is 5.69 Å². The summed E-state index contributed by atoms with van der Waals surface area (Å²) < 4.78 is 10.8. The molecule has 33 heavy (non-hydrogen) atoms. The predicted molar refractivity (Wildman–Crippen MR) is 122 cm³/mol. The van der Waals surface area contributed by atoms with Crippen LogP contribution in [0.1, 0.15) is 22.8 Å². The van der Waals surface area contributed by atoms with Crippen molar-refractivity contribution >= 4 is 35.4 Å². The summed E-state index contributed by atoms with van der Waals surface area (Å²) in [4.78, 5) is 34.5. The van der Waals surface area contributed by atoms with Gasteiger partial charge in [-0.25, -0.2) is 10.2 Å². The monoisotopic (exact) mass is 467 g/mol. The van der Waals surface area contributed by atoms with Gasteiger partial charge in [-0.3, -0.25) is 14.9 Å². The zero-order valence-corrected chi connectivity index (χ0v) is 18.1. The van der Waals surface area contributed by atoms with E-state index in [1.807, 2.05) is 0 Å². The molecule has 3 aromatic carbocycles. The normalized spacial score (nSPS) is 11.6. The van der Waals surface area contributed by atoms with Crippen LogP contribution in [-0.2, 0) is 4.79 Å². The fourth-order valence-corrected chi connectivity index (χ4v) is 2.70. The van der Waals surface area contributed by atoms with Crippen LogP contribution in [0.3, 0.4) is 0 Å². The Labute approximate surface area is 193 Å². The first-order chi connectivity index (χ1) is 15.8. The average molecular weight is 468 g/mol. The van der Waals surface area contributed by atoms with Crippen molar-refractivity contribution in [1.82, 2.24) is 5.43 Å². The molecular formula is C23H18ClN3O6. The van der Waals surface area contributed by atoms with Crippen LogP contribution in [0.15, 0.2) is 77.9 Å². The van der Waals surface area contributed by atoms with E-state index in [1.165, 1.54) is 37.4 Å². The van der Waals surface area contributed by atoms with E-state index in [1.54, 1.807) is 48.5 Å². The summed E-state index contributed by atoms with van der Waals surface area (Å²) in [6.07, 6.45) is 0.492. The van der Waals surface area contributed by atoms with E-state index in [0.717, 1.165) is 0 Å². The number of nitro groups is 1. The molecule has 0 aromatic heterocycles. The average Bonchev–Trinajstić information content (AvgIpc) is 2.80. The molecule has 0 aliphatic heterocycles. The Morgan fingerprint density at radius 2 is 1.76 bits per heavy atom. The molecule has 0 aliphatic carbocycles. The van der Waals surface area contributed by atoms with Crippen molar-refractivity contribution in [3.8, 4) is 11.5 Å². The maximum absolute atomic E-state index is 12.2. The maximum atomic E-state index is 12.2. The topological polar surface area (TPSA) is 120 Å². The van der Waals surface area contributed by atoms with Gasteiger partial charge in [0.1, 0.15) is 11.5 Å². The number of rotatable bonds is 8. The molecule has 9 nitrogen and oxygen atoms in total. The quantitative estimate of drug-likeness (QED) is 0.172. The smallest absolute Gasteiger partial charge is 0.343 e. The van der Waals surface area contributed by atoms with E-state index >= 15 is 0 Å². The zero-order chi connectivity index (χ0) is 23.8. The minimum absolute atomic E-state index is 0.0786. The van der Waals surface area contributed by atoms with Gasteiger partial charge in [-0.15, -0.1) is 0 Å². The standard InChI is InChI=1S/C23H18ClN3O6/c1-15(32-20-11-9-19(10-12-20)27(30)31)22(28)26-25-14-16-3-2-4-21(13-16)33-23(29)17-5-7-18(24)8-6-17/h2-15H,1H3,(H,26,28)/b25-14+. The minimum Gasteiger partial charge on any atom is -0.481 e. The molecule has 0 spiro atoms. The lowest BCUT2D eigenvalue weighted by molar-refractivity contribution is -0.384. The molecule has 0 heterocycles. The number of hydrogen-bond acceptors (Lipinski definition) is 7. The van der Waals surface area contributed by atoms with Gasteiger partial charge in [0.25, 0.3) is 11.6 Å². The number of carbonyl (C=O) groups is 2. The van der Waals surface area contributed by atoms with Crippen LogP contribution < -0.4 is 14.9 Å². The highest BCUT2D eigenvalue weighted by molar-refractivity contribution is 6.30. The van der Waals surface area contributed by atoms with Crippen molar-refractivity contribution < 1.29 is 24.0 Å². The first kappa shape index (κ1) is 23.4. The van der Waals surface area contributed by atoms with Gasteiger partial charge in [0.05, 0.1) is 16.7 Å². The SMILES string of the molecule is CC(Oc1ccc([N+](=O)[O-])cc1)C(=O)N/N=C/c1cccc(OC(=O)c2ccc(Cl)cc2)c1. The van der Waals surface area contributed by atoms with Gasteiger partial charge in [-0.2, -0.15) is 5.10 Å². The lowest BCUT2D eigenvalue weighted by Gasteiger charge is -2.12. The van der Waals surface area contributed by atoms with Crippen LogP contribution in [-0.4, -0.2) is 29.1 Å². The number of halogens is 1. The van der Waals surface area contributed by atoms with Crippen LogP contribution in [0.5, 0.6) is 11.5 Å². The number of non-ortho nitro benzene ring substituents is 1. The van der Waals surface area contributed by atoms with E-state index in [0.29, 0.717) is 27.6 Å². The number of hydrazone groups is 1. The van der Waals surface area contributed by atoms with Gasteiger partial charge in [-0.05, 0) is 61.0 Å². The van der Waals surface area contributed by atoms with E-state index < -0.39 is 22.9 Å². The minimum atomic E-state index is -0.893. The Bertz CT molecular complexity index is 1180. The molecule has 1 N–H and O–H groups in total. The molecule has 3 rings (SSSR count). The summed E-state index contributed by atoms with van der Waals surface area (Å²) in [5.74, 6) is -0.441.